The molecule has 2 unspecified atom stereocenters. The number of aryl methyl sites for hydroxylation is 1. The number of rotatable bonds is 3. The average Bonchev–Trinajstić information content (AvgIpc) is 3.08. The van der Waals surface area contributed by atoms with E-state index in [4.69, 9.17) is 22.1 Å². The zero-order valence-corrected chi connectivity index (χ0v) is 25.8. The third kappa shape index (κ3) is 5.32. The number of hydrogen-bond acceptors (Lipinski definition) is 6. The van der Waals surface area contributed by atoms with Gasteiger partial charge >= 0.3 is 5.97 Å². The molecule has 3 N–H and O–H groups in total. The lowest BCUT2D eigenvalue weighted by molar-refractivity contribution is -0.152. The smallest absolute Gasteiger partial charge is 0.315 e. The summed E-state index contributed by atoms with van der Waals surface area (Å²) in [6, 6.07) is 7.12. The fourth-order valence-electron chi connectivity index (χ4n) is 6.60. The first kappa shape index (κ1) is 29.9. The highest BCUT2D eigenvalue weighted by atomic mass is 35.5. The van der Waals surface area contributed by atoms with E-state index in [0.717, 1.165) is 18.4 Å². The maximum absolute atomic E-state index is 14.4. The van der Waals surface area contributed by atoms with E-state index in [1.807, 2.05) is 12.1 Å². The number of carbonyl (C=O) groups excluding carboxylic acids is 1. The van der Waals surface area contributed by atoms with Crippen LogP contribution in [0.4, 0.5) is 5.82 Å². The topological polar surface area (TPSA) is 107 Å². The molecule has 7 nitrogen and oxygen atoms in total. The van der Waals surface area contributed by atoms with Crippen LogP contribution in [0.5, 0.6) is 5.75 Å². The Morgan fingerprint density at radius 2 is 1.60 bits per heavy atom. The van der Waals surface area contributed by atoms with Gasteiger partial charge in [0.1, 0.15) is 16.8 Å². The van der Waals surface area contributed by atoms with Crippen molar-refractivity contribution in [1.29, 1.82) is 0 Å². The standard InChI is InChI=1S/C32H42ClN3O4/c1-16-14-21(31(4,5)6)25(22(15-16)32(7,8)9)30(39)40-26-23(19-10-12-20(33)13-11-19)17(2)36-28(26)35-27(34)24(18(3)37)29(36)38/h10-13,16,21-22,25,37H,14-15H2,1-9H3,(H2,34,35). The summed E-state index contributed by atoms with van der Waals surface area (Å²) in [4.78, 5) is 32.4. The fourth-order valence-corrected chi connectivity index (χ4v) is 6.73. The Balaban J connectivity index is 1.98. The van der Waals surface area contributed by atoms with Crippen molar-refractivity contribution in [3.8, 4) is 16.9 Å². The minimum Gasteiger partial charge on any atom is -0.512 e. The molecule has 0 aliphatic heterocycles. The van der Waals surface area contributed by atoms with E-state index >= 15 is 0 Å². The van der Waals surface area contributed by atoms with E-state index in [1.165, 1.54) is 11.3 Å². The number of aromatic nitrogens is 2. The second kappa shape index (κ2) is 10.4. The van der Waals surface area contributed by atoms with Crippen molar-refractivity contribution >= 4 is 34.8 Å². The van der Waals surface area contributed by atoms with Crippen LogP contribution in [0.25, 0.3) is 22.5 Å². The monoisotopic (exact) mass is 567 g/mol. The molecule has 1 aliphatic carbocycles. The van der Waals surface area contributed by atoms with Gasteiger partial charge in [-0.15, -0.1) is 0 Å². The first-order chi connectivity index (χ1) is 18.4. The third-order valence-electron chi connectivity index (χ3n) is 8.61. The highest BCUT2D eigenvalue weighted by Gasteiger charge is 2.50. The molecule has 0 amide bonds. The Morgan fingerprint density at radius 3 is 2.08 bits per heavy atom. The molecule has 216 valence electrons. The lowest BCUT2D eigenvalue weighted by atomic mass is 9.55. The van der Waals surface area contributed by atoms with Gasteiger partial charge in [-0.1, -0.05) is 72.2 Å². The van der Waals surface area contributed by atoms with Crippen molar-refractivity contribution in [2.75, 3.05) is 5.73 Å². The van der Waals surface area contributed by atoms with Crippen LogP contribution in [0.1, 0.15) is 73.9 Å². The largest absolute Gasteiger partial charge is 0.512 e. The molecule has 1 aromatic carbocycles. The summed E-state index contributed by atoms with van der Waals surface area (Å²) >= 11 is 6.17. The van der Waals surface area contributed by atoms with Crippen molar-refractivity contribution in [2.24, 2.45) is 34.5 Å². The predicted molar refractivity (Wildman–Crippen MR) is 161 cm³/mol. The number of carbonyl (C=O) groups is 1. The van der Waals surface area contributed by atoms with Gasteiger partial charge < -0.3 is 15.6 Å². The quantitative estimate of drug-likeness (QED) is 0.346. The number of benzene rings is 1. The van der Waals surface area contributed by atoms with Crippen molar-refractivity contribution < 1.29 is 14.6 Å². The van der Waals surface area contributed by atoms with Crippen LogP contribution in [0.2, 0.25) is 5.02 Å². The highest BCUT2D eigenvalue weighted by Crippen LogP contribution is 2.52. The van der Waals surface area contributed by atoms with Crippen molar-refractivity contribution in [3.05, 3.63) is 50.6 Å². The van der Waals surface area contributed by atoms with Gasteiger partial charge in [-0.05, 0) is 73.0 Å². The Morgan fingerprint density at radius 1 is 1.07 bits per heavy atom. The third-order valence-corrected chi connectivity index (χ3v) is 8.86. The summed E-state index contributed by atoms with van der Waals surface area (Å²) in [6.07, 6.45) is 1.86. The lowest BCUT2D eigenvalue weighted by Crippen LogP contribution is -2.48. The van der Waals surface area contributed by atoms with Crippen LogP contribution in [0, 0.1) is 41.4 Å². The van der Waals surface area contributed by atoms with E-state index in [2.05, 4.69) is 53.5 Å². The molecule has 8 heteroatoms. The molecule has 0 spiro atoms. The number of anilines is 1. The van der Waals surface area contributed by atoms with Gasteiger partial charge in [-0.3, -0.25) is 14.0 Å². The van der Waals surface area contributed by atoms with E-state index < -0.39 is 5.56 Å². The van der Waals surface area contributed by atoms with Gasteiger partial charge in [-0.2, -0.15) is 0 Å². The Labute approximate surface area is 241 Å². The molecule has 40 heavy (non-hydrogen) atoms. The molecular formula is C32H42ClN3O4. The minimum atomic E-state index is -0.524. The number of halogens is 1. The number of nitrogens with two attached hydrogens (primary N) is 1. The summed E-state index contributed by atoms with van der Waals surface area (Å²) in [5.41, 5.74) is 7.35. The molecule has 0 bridgehead atoms. The van der Waals surface area contributed by atoms with E-state index in [0.29, 0.717) is 22.2 Å². The van der Waals surface area contributed by atoms with Crippen molar-refractivity contribution in [1.82, 2.24) is 9.38 Å². The van der Waals surface area contributed by atoms with Crippen LogP contribution in [-0.4, -0.2) is 20.5 Å². The van der Waals surface area contributed by atoms with Crippen LogP contribution in [0.15, 0.2) is 29.1 Å². The molecule has 1 fully saturated rings. The van der Waals surface area contributed by atoms with Gasteiger partial charge in [0.05, 0.1) is 5.92 Å². The van der Waals surface area contributed by atoms with E-state index in [-0.39, 0.29) is 62.7 Å². The highest BCUT2D eigenvalue weighted by molar-refractivity contribution is 6.30. The first-order valence-corrected chi connectivity index (χ1v) is 14.3. The second-order valence-corrected chi connectivity index (χ2v) is 14.1. The van der Waals surface area contributed by atoms with Gasteiger partial charge in [-0.25, -0.2) is 4.98 Å². The number of fused-ring (bicyclic) bond motifs is 1. The number of aliphatic hydroxyl groups excluding tert-OH is 1. The summed E-state index contributed by atoms with van der Waals surface area (Å²) < 4.78 is 7.75. The van der Waals surface area contributed by atoms with Gasteiger partial charge in [0, 0.05) is 16.3 Å². The molecule has 1 saturated carbocycles. The van der Waals surface area contributed by atoms with Crippen LogP contribution < -0.4 is 21.2 Å². The summed E-state index contributed by atoms with van der Waals surface area (Å²) in [5, 5.41) is 10.7. The lowest BCUT2D eigenvalue weighted by Gasteiger charge is -2.49. The molecule has 0 saturated heterocycles. The Hall–Kier alpha value is -3.06. The molecular weight excluding hydrogens is 526 g/mol. The SMILES string of the molecule is CC(O)=c1c(N)nc2c(OC(=O)C3C(C(C)(C)C)CC(C)CC3C(C)(C)C)c(-c3ccc(Cl)cc3)c(C)n2c1=O. The molecule has 1 aliphatic rings. The molecule has 4 rings (SSSR count). The van der Waals surface area contributed by atoms with Crippen molar-refractivity contribution in [2.45, 2.75) is 75.2 Å². The number of aliphatic hydroxyl groups is 1. The van der Waals surface area contributed by atoms with Gasteiger partial charge in [0.25, 0.3) is 5.56 Å². The van der Waals surface area contributed by atoms with Crippen LogP contribution >= 0.6 is 11.6 Å². The molecule has 2 aromatic heterocycles. The average molecular weight is 568 g/mol. The Bertz CT molecular complexity index is 1530. The van der Waals surface area contributed by atoms with Gasteiger partial charge in [0.2, 0.25) is 0 Å². The number of nitrogens with zero attached hydrogens (tertiary/aromatic N) is 2. The maximum atomic E-state index is 14.4. The molecule has 2 atom stereocenters. The number of esters is 1. The predicted octanol–water partition coefficient (Wildman–Crippen LogP) is 6.59. The number of hydrogen-bond donors (Lipinski definition) is 2. The molecule has 3 aromatic rings. The normalized spacial score (nSPS) is 22.9. The van der Waals surface area contributed by atoms with Gasteiger partial charge in [0.15, 0.2) is 11.4 Å². The van der Waals surface area contributed by atoms with Crippen LogP contribution in [0.3, 0.4) is 0 Å². The second-order valence-electron chi connectivity index (χ2n) is 13.7. The first-order valence-electron chi connectivity index (χ1n) is 14.0. The zero-order chi connectivity index (χ0) is 29.9. The van der Waals surface area contributed by atoms with E-state index in [9.17, 15) is 14.7 Å². The Kier molecular flexibility index (Phi) is 7.78. The van der Waals surface area contributed by atoms with E-state index in [1.54, 1.807) is 19.1 Å². The molecule has 2 heterocycles. The maximum Gasteiger partial charge on any atom is 0.315 e. The molecule has 0 radical (unpaired) electrons. The fraction of sp³-hybridized carbons (Fsp3) is 0.531. The van der Waals surface area contributed by atoms with Crippen LogP contribution in [-0.2, 0) is 4.79 Å². The summed E-state index contributed by atoms with van der Waals surface area (Å²) in [5.74, 6) is -0.135. The van der Waals surface area contributed by atoms with Crippen molar-refractivity contribution in [3.63, 3.8) is 0 Å². The summed E-state index contributed by atoms with van der Waals surface area (Å²) in [6.45, 7) is 18.6. The number of nitrogen functional groups attached to an aromatic ring is 1. The minimum absolute atomic E-state index is 0.0759. The zero-order valence-electron chi connectivity index (χ0n) is 25.1. The summed E-state index contributed by atoms with van der Waals surface area (Å²) in [7, 11) is 0. The number of ether oxygens (including phenoxy) is 1.